The van der Waals surface area contributed by atoms with E-state index in [1.165, 1.54) is 6.92 Å². The van der Waals surface area contributed by atoms with Gasteiger partial charge in [-0.15, -0.1) is 0 Å². The molecule has 6 nitrogen and oxygen atoms in total. The lowest BCUT2D eigenvalue weighted by Gasteiger charge is -2.31. The highest BCUT2D eigenvalue weighted by molar-refractivity contribution is 5.92. The number of fused-ring (bicyclic) bond motifs is 1. The minimum atomic E-state index is -0.386. The van der Waals surface area contributed by atoms with E-state index < -0.39 is 0 Å². The van der Waals surface area contributed by atoms with Crippen molar-refractivity contribution in [1.82, 2.24) is 4.90 Å². The van der Waals surface area contributed by atoms with Gasteiger partial charge in [0.1, 0.15) is 5.58 Å². The zero-order chi connectivity index (χ0) is 17.1. The maximum Gasteiger partial charge on any atom is 0.336 e. The molecule has 1 fully saturated rings. The number of aliphatic hydroxyl groups is 1. The molecule has 6 heteroatoms. The van der Waals surface area contributed by atoms with Crippen molar-refractivity contribution in [3.8, 4) is 0 Å². The number of benzene rings is 1. The van der Waals surface area contributed by atoms with Crippen LogP contribution in [0.5, 0.6) is 0 Å². The third-order valence-electron chi connectivity index (χ3n) is 4.51. The van der Waals surface area contributed by atoms with Crippen LogP contribution >= 0.6 is 0 Å². The van der Waals surface area contributed by atoms with Crippen molar-refractivity contribution >= 4 is 22.6 Å². The maximum atomic E-state index is 11.9. The van der Waals surface area contributed by atoms with Crippen molar-refractivity contribution in [2.45, 2.75) is 26.3 Å². The second kappa shape index (κ2) is 7.15. The van der Waals surface area contributed by atoms with Crippen LogP contribution in [-0.2, 0) is 11.3 Å². The number of piperidine rings is 1. The van der Waals surface area contributed by atoms with Crippen molar-refractivity contribution in [2.75, 3.05) is 25.0 Å². The number of anilines is 1. The molecule has 2 N–H and O–H groups in total. The number of amides is 1. The molecule has 0 aliphatic carbocycles. The van der Waals surface area contributed by atoms with Crippen LogP contribution in [0.15, 0.2) is 33.5 Å². The highest BCUT2D eigenvalue weighted by Gasteiger charge is 2.19. The number of carbonyl (C=O) groups excluding carboxylic acids is 1. The Morgan fingerprint density at radius 2 is 2.08 bits per heavy atom. The van der Waals surface area contributed by atoms with Crippen molar-refractivity contribution in [2.24, 2.45) is 5.92 Å². The first-order valence-corrected chi connectivity index (χ1v) is 8.23. The van der Waals surface area contributed by atoms with Crippen molar-refractivity contribution < 1.29 is 14.3 Å². The summed E-state index contributed by atoms with van der Waals surface area (Å²) in [5, 5.41) is 12.8. The van der Waals surface area contributed by atoms with Crippen LogP contribution in [0.4, 0.5) is 5.69 Å². The summed E-state index contributed by atoms with van der Waals surface area (Å²) in [5.41, 5.74) is 1.63. The van der Waals surface area contributed by atoms with E-state index in [1.54, 1.807) is 12.1 Å². The van der Waals surface area contributed by atoms with Crippen LogP contribution in [0.25, 0.3) is 11.0 Å². The van der Waals surface area contributed by atoms with E-state index in [0.29, 0.717) is 23.7 Å². The van der Waals surface area contributed by atoms with Gasteiger partial charge < -0.3 is 14.8 Å². The molecule has 0 spiro atoms. The lowest BCUT2D eigenvalue weighted by Crippen LogP contribution is -2.34. The molecule has 1 aromatic heterocycles. The smallest absolute Gasteiger partial charge is 0.336 e. The molecule has 3 rings (SSSR count). The largest absolute Gasteiger partial charge is 0.423 e. The number of hydrogen-bond acceptors (Lipinski definition) is 5. The Bertz CT molecular complexity index is 791. The first-order chi connectivity index (χ1) is 11.5. The summed E-state index contributed by atoms with van der Waals surface area (Å²) in [6.45, 7) is 4.19. The number of aliphatic hydroxyl groups excluding tert-OH is 1. The van der Waals surface area contributed by atoms with Crippen LogP contribution in [0, 0.1) is 5.92 Å². The lowest BCUT2D eigenvalue weighted by atomic mass is 9.97. The van der Waals surface area contributed by atoms with Gasteiger partial charge in [0, 0.05) is 43.3 Å². The summed E-state index contributed by atoms with van der Waals surface area (Å²) >= 11 is 0. The fourth-order valence-corrected chi connectivity index (χ4v) is 3.21. The molecular formula is C18H22N2O4. The minimum absolute atomic E-state index is 0.167. The van der Waals surface area contributed by atoms with E-state index in [4.69, 9.17) is 4.42 Å². The van der Waals surface area contributed by atoms with Crippen LogP contribution in [-0.4, -0.2) is 35.6 Å². The minimum Gasteiger partial charge on any atom is -0.423 e. The average Bonchev–Trinajstić information content (AvgIpc) is 2.54. The van der Waals surface area contributed by atoms with E-state index in [9.17, 15) is 14.7 Å². The Kier molecular flexibility index (Phi) is 4.97. The van der Waals surface area contributed by atoms with Gasteiger partial charge in [0.15, 0.2) is 0 Å². The molecule has 0 unspecified atom stereocenters. The molecule has 0 saturated carbocycles. The van der Waals surface area contributed by atoms with E-state index in [2.05, 4.69) is 10.2 Å². The SMILES string of the molecule is CC(=O)Nc1ccc2c(CN3CCC(CO)CC3)cc(=O)oc2c1. The fourth-order valence-electron chi connectivity index (χ4n) is 3.21. The number of hydrogen-bond donors (Lipinski definition) is 2. The lowest BCUT2D eigenvalue weighted by molar-refractivity contribution is -0.114. The normalized spacial score (nSPS) is 16.4. The molecule has 0 bridgehead atoms. The van der Waals surface area contributed by atoms with Crippen LogP contribution in [0.3, 0.4) is 0 Å². The molecule has 1 aromatic carbocycles. The predicted molar refractivity (Wildman–Crippen MR) is 91.9 cm³/mol. The van der Waals surface area contributed by atoms with Gasteiger partial charge in [-0.05, 0) is 49.5 Å². The van der Waals surface area contributed by atoms with Crippen molar-refractivity contribution in [3.05, 3.63) is 40.2 Å². The van der Waals surface area contributed by atoms with Crippen LogP contribution in [0.2, 0.25) is 0 Å². The Hall–Kier alpha value is -2.18. The van der Waals surface area contributed by atoms with Gasteiger partial charge in [-0.25, -0.2) is 4.79 Å². The van der Waals surface area contributed by atoms with Crippen molar-refractivity contribution in [3.63, 3.8) is 0 Å². The molecule has 0 atom stereocenters. The van der Waals surface area contributed by atoms with Gasteiger partial charge in [0.25, 0.3) is 0 Å². The van der Waals surface area contributed by atoms with Gasteiger partial charge in [0.2, 0.25) is 5.91 Å². The standard InChI is InChI=1S/C18H22N2O4/c1-12(22)19-15-2-3-16-14(8-18(23)24-17(16)9-15)10-20-6-4-13(11-21)5-7-20/h2-3,8-9,13,21H,4-7,10-11H2,1H3,(H,19,22). The first kappa shape index (κ1) is 16.7. The van der Waals surface area contributed by atoms with Gasteiger partial charge in [-0.1, -0.05) is 0 Å². The summed E-state index contributed by atoms with van der Waals surface area (Å²) in [7, 11) is 0. The number of rotatable bonds is 4. The summed E-state index contributed by atoms with van der Waals surface area (Å²) in [5.74, 6) is 0.221. The van der Waals surface area contributed by atoms with Gasteiger partial charge in [-0.2, -0.15) is 0 Å². The Balaban J connectivity index is 1.85. The highest BCUT2D eigenvalue weighted by Crippen LogP contribution is 2.24. The van der Waals surface area contributed by atoms with Gasteiger partial charge in [-0.3, -0.25) is 9.69 Å². The van der Waals surface area contributed by atoms with Gasteiger partial charge >= 0.3 is 5.63 Å². The number of nitrogens with one attached hydrogen (secondary N) is 1. The summed E-state index contributed by atoms with van der Waals surface area (Å²) < 4.78 is 5.29. The molecule has 1 amide bonds. The van der Waals surface area contributed by atoms with Crippen molar-refractivity contribution in [1.29, 1.82) is 0 Å². The number of nitrogens with zero attached hydrogens (tertiary/aromatic N) is 1. The fraction of sp³-hybridized carbons (Fsp3) is 0.444. The van der Waals surface area contributed by atoms with E-state index in [-0.39, 0.29) is 18.1 Å². The molecule has 2 aromatic rings. The Morgan fingerprint density at radius 1 is 1.33 bits per heavy atom. The molecule has 1 saturated heterocycles. The molecule has 1 aliphatic heterocycles. The van der Waals surface area contributed by atoms with E-state index in [1.807, 2.05) is 12.1 Å². The third kappa shape index (κ3) is 3.83. The third-order valence-corrected chi connectivity index (χ3v) is 4.51. The summed E-state index contributed by atoms with van der Waals surface area (Å²) in [6.07, 6.45) is 1.95. The van der Waals surface area contributed by atoms with E-state index >= 15 is 0 Å². The second-order valence-corrected chi connectivity index (χ2v) is 6.38. The average molecular weight is 330 g/mol. The van der Waals surface area contributed by atoms with Gasteiger partial charge in [0.05, 0.1) is 0 Å². The Morgan fingerprint density at radius 3 is 2.75 bits per heavy atom. The number of carbonyl (C=O) groups is 1. The molecule has 2 heterocycles. The predicted octanol–water partition coefficient (Wildman–Crippen LogP) is 1.96. The molecular weight excluding hydrogens is 308 g/mol. The molecule has 0 radical (unpaired) electrons. The topological polar surface area (TPSA) is 82.8 Å². The first-order valence-electron chi connectivity index (χ1n) is 8.23. The molecule has 128 valence electrons. The highest BCUT2D eigenvalue weighted by atomic mass is 16.4. The quantitative estimate of drug-likeness (QED) is 0.837. The maximum absolute atomic E-state index is 11.9. The summed E-state index contributed by atoms with van der Waals surface area (Å²) in [6, 6.07) is 6.91. The zero-order valence-electron chi connectivity index (χ0n) is 13.7. The molecule has 24 heavy (non-hydrogen) atoms. The van der Waals surface area contributed by atoms with Crippen LogP contribution < -0.4 is 10.9 Å². The van der Waals surface area contributed by atoms with Crippen LogP contribution in [0.1, 0.15) is 25.3 Å². The Labute approximate surface area is 140 Å². The monoisotopic (exact) mass is 330 g/mol. The molecule has 1 aliphatic rings. The number of likely N-dealkylation sites (tertiary alicyclic amines) is 1. The summed E-state index contributed by atoms with van der Waals surface area (Å²) in [4.78, 5) is 25.3. The zero-order valence-corrected chi connectivity index (χ0v) is 13.7. The second-order valence-electron chi connectivity index (χ2n) is 6.38. The van der Waals surface area contributed by atoms with E-state index in [0.717, 1.165) is 36.9 Å².